The van der Waals surface area contributed by atoms with Gasteiger partial charge >= 0.3 is 11.9 Å². The van der Waals surface area contributed by atoms with Crippen molar-refractivity contribution in [3.05, 3.63) is 47.3 Å². The largest absolute Gasteiger partial charge is 0.481 e. The molecule has 0 aliphatic heterocycles. The molecule has 5 aliphatic carbocycles. The third-order valence-corrected chi connectivity index (χ3v) is 15.0. The summed E-state index contributed by atoms with van der Waals surface area (Å²) in [5.41, 5.74) is 7.81. The van der Waals surface area contributed by atoms with Crippen molar-refractivity contribution in [1.29, 1.82) is 0 Å². The van der Waals surface area contributed by atoms with Gasteiger partial charge in [0.25, 0.3) is 0 Å². The zero-order valence-corrected chi connectivity index (χ0v) is 29.8. The molecule has 4 saturated carbocycles. The van der Waals surface area contributed by atoms with E-state index in [1.807, 2.05) is 0 Å². The molecule has 4 fully saturated rings. The Labute approximate surface area is 281 Å². The lowest BCUT2D eigenvalue weighted by Crippen LogP contribution is -2.65. The summed E-state index contributed by atoms with van der Waals surface area (Å²) in [7, 11) is 0. The van der Waals surface area contributed by atoms with Crippen LogP contribution in [0.4, 0.5) is 4.39 Å². The third kappa shape index (κ3) is 5.41. The van der Waals surface area contributed by atoms with Crippen molar-refractivity contribution >= 4 is 11.9 Å². The van der Waals surface area contributed by atoms with Crippen LogP contribution in [-0.4, -0.2) is 35.8 Å². The second kappa shape index (κ2) is 11.7. The van der Waals surface area contributed by atoms with E-state index in [9.17, 15) is 19.1 Å². The van der Waals surface area contributed by atoms with Gasteiger partial charge in [-0.05, 0) is 121 Å². The second-order valence-corrected chi connectivity index (χ2v) is 18.2. The minimum absolute atomic E-state index is 0.0126. The number of ether oxygens (including phenoxy) is 2. The van der Waals surface area contributed by atoms with Gasteiger partial charge in [-0.2, -0.15) is 0 Å². The minimum Gasteiger partial charge on any atom is -0.481 e. The van der Waals surface area contributed by atoms with Crippen LogP contribution in [0.2, 0.25) is 0 Å². The van der Waals surface area contributed by atoms with Gasteiger partial charge in [-0.25, -0.2) is 4.39 Å². The fraction of sp³-hybridized carbons (Fsp3) is 0.750. The molecule has 260 valence electrons. The van der Waals surface area contributed by atoms with Gasteiger partial charge < -0.3 is 20.3 Å². The Balaban J connectivity index is 1.18. The lowest BCUT2D eigenvalue weighted by atomic mass is 9.33. The number of esters is 1. The van der Waals surface area contributed by atoms with E-state index in [1.165, 1.54) is 17.7 Å². The Hall–Kier alpha value is -2.25. The van der Waals surface area contributed by atoms with Crippen LogP contribution >= 0.6 is 0 Å². The summed E-state index contributed by atoms with van der Waals surface area (Å²) < 4.78 is 25.4. The average molecular weight is 652 g/mol. The van der Waals surface area contributed by atoms with E-state index in [4.69, 9.17) is 15.2 Å². The van der Waals surface area contributed by atoms with Crippen molar-refractivity contribution in [2.75, 3.05) is 6.61 Å². The smallest absolute Gasteiger partial charge is 0.325 e. The van der Waals surface area contributed by atoms with Gasteiger partial charge in [0.1, 0.15) is 18.0 Å². The van der Waals surface area contributed by atoms with Crippen molar-refractivity contribution < 1.29 is 28.6 Å². The van der Waals surface area contributed by atoms with Crippen LogP contribution in [0.1, 0.15) is 118 Å². The minimum atomic E-state index is -0.904. The van der Waals surface area contributed by atoms with Crippen LogP contribution in [0, 0.1) is 56.1 Å². The SMILES string of the molecule is CC1(C)CC[C@]2(C(=O)O)CC[C@]3(C)C(=CC[C@@H]4[C@@]5(C)CC[C@H](OC(=O)[C@@H](N)COCc6cccc(F)c6)C(C)(C)[C@@H]5CC[C@]43C)[C@@H]2C1. The highest BCUT2D eigenvalue weighted by atomic mass is 19.1. The fourth-order valence-electron chi connectivity index (χ4n) is 12.0. The van der Waals surface area contributed by atoms with Crippen molar-refractivity contribution in [3.8, 4) is 0 Å². The molecular weight excluding hydrogens is 593 g/mol. The number of rotatable bonds is 7. The van der Waals surface area contributed by atoms with Crippen LogP contribution < -0.4 is 5.73 Å². The highest BCUT2D eigenvalue weighted by molar-refractivity contribution is 5.77. The first-order chi connectivity index (χ1) is 21.9. The zero-order valence-electron chi connectivity index (χ0n) is 29.8. The topological polar surface area (TPSA) is 98.9 Å². The monoisotopic (exact) mass is 651 g/mol. The summed E-state index contributed by atoms with van der Waals surface area (Å²) in [6, 6.07) is 5.31. The number of carbonyl (C=O) groups excluding carboxylic acids is 1. The Morgan fingerprint density at radius 2 is 1.70 bits per heavy atom. The fourth-order valence-corrected chi connectivity index (χ4v) is 12.0. The molecule has 47 heavy (non-hydrogen) atoms. The van der Waals surface area contributed by atoms with Gasteiger partial charge in [0.05, 0.1) is 18.6 Å². The van der Waals surface area contributed by atoms with Gasteiger partial charge in [0.15, 0.2) is 0 Å². The normalized spacial score (nSPS) is 40.8. The average Bonchev–Trinajstić information content (AvgIpc) is 2.98. The number of hydrogen-bond donors (Lipinski definition) is 2. The lowest BCUT2D eigenvalue weighted by Gasteiger charge is -2.71. The molecule has 5 aliphatic rings. The molecule has 0 radical (unpaired) electrons. The maximum absolute atomic E-state index is 13.5. The van der Waals surface area contributed by atoms with Crippen molar-refractivity contribution in [2.24, 2.45) is 56.0 Å². The maximum Gasteiger partial charge on any atom is 0.325 e. The van der Waals surface area contributed by atoms with Gasteiger partial charge in [0, 0.05) is 5.41 Å². The third-order valence-electron chi connectivity index (χ3n) is 15.0. The summed E-state index contributed by atoms with van der Waals surface area (Å²) in [5.74, 6) is -0.380. The number of nitrogens with two attached hydrogens (primary N) is 1. The lowest BCUT2D eigenvalue weighted by molar-refractivity contribution is -0.214. The quantitative estimate of drug-likeness (QED) is 0.227. The number of allylic oxidation sites excluding steroid dienone is 2. The standard InChI is InChI=1S/C40H58FNO5/c1-35(2)17-19-40(34(44)45)20-18-38(6)27(28(40)22-35)11-12-31-37(5)15-14-32(36(3,4)30(37)13-16-39(31,38)7)47-33(43)29(42)24-46-23-25-9-8-10-26(41)21-25/h8-11,21,28-32H,12-20,22-24,42H2,1-7H3,(H,44,45)/t28-,29-,30-,31+,32-,37-,38+,39+,40-/m0/s1. The molecule has 6 rings (SSSR count). The number of benzene rings is 1. The second-order valence-electron chi connectivity index (χ2n) is 18.2. The van der Waals surface area contributed by atoms with Crippen molar-refractivity contribution in [3.63, 3.8) is 0 Å². The van der Waals surface area contributed by atoms with E-state index < -0.39 is 23.4 Å². The predicted molar refractivity (Wildman–Crippen MR) is 181 cm³/mol. The van der Waals surface area contributed by atoms with E-state index >= 15 is 0 Å². The maximum atomic E-state index is 13.5. The predicted octanol–water partition coefficient (Wildman–Crippen LogP) is 8.47. The Kier molecular flexibility index (Phi) is 8.60. The van der Waals surface area contributed by atoms with E-state index in [1.54, 1.807) is 12.1 Å². The Morgan fingerprint density at radius 3 is 2.40 bits per heavy atom. The van der Waals surface area contributed by atoms with E-state index in [-0.39, 0.29) is 58.1 Å². The number of aliphatic carboxylic acids is 1. The molecule has 0 amide bonds. The summed E-state index contributed by atoms with van der Waals surface area (Å²) in [6.45, 7) is 16.9. The van der Waals surface area contributed by atoms with Gasteiger partial charge in [-0.1, -0.05) is 72.2 Å². The van der Waals surface area contributed by atoms with Crippen LogP contribution in [-0.2, 0) is 25.7 Å². The molecule has 7 heteroatoms. The number of fused-ring (bicyclic) bond motifs is 7. The zero-order chi connectivity index (χ0) is 34.2. The first-order valence-corrected chi connectivity index (χ1v) is 18.1. The number of carbonyl (C=O) groups is 2. The first-order valence-electron chi connectivity index (χ1n) is 18.1. The van der Waals surface area contributed by atoms with Crippen molar-refractivity contribution in [1.82, 2.24) is 0 Å². The molecule has 0 spiro atoms. The molecule has 9 atom stereocenters. The molecule has 0 saturated heterocycles. The van der Waals surface area contributed by atoms with Crippen LogP contribution in [0.25, 0.3) is 0 Å². The molecule has 0 bridgehead atoms. The summed E-state index contributed by atoms with van der Waals surface area (Å²) in [4.78, 5) is 26.2. The van der Waals surface area contributed by atoms with Crippen LogP contribution in [0.3, 0.4) is 0 Å². The van der Waals surface area contributed by atoms with Gasteiger partial charge in [-0.3, -0.25) is 9.59 Å². The van der Waals surface area contributed by atoms with Crippen LogP contribution in [0.5, 0.6) is 0 Å². The number of halogens is 1. The Bertz CT molecular complexity index is 1440. The van der Waals surface area contributed by atoms with Crippen LogP contribution in [0.15, 0.2) is 35.9 Å². The highest BCUT2D eigenvalue weighted by Crippen LogP contribution is 2.75. The van der Waals surface area contributed by atoms with E-state index in [0.29, 0.717) is 17.4 Å². The molecule has 1 aromatic carbocycles. The van der Waals surface area contributed by atoms with Gasteiger partial charge in [0.2, 0.25) is 0 Å². The molecule has 0 aromatic heterocycles. The number of carboxylic acids is 1. The van der Waals surface area contributed by atoms with E-state index in [0.717, 1.165) is 64.2 Å². The highest BCUT2D eigenvalue weighted by Gasteiger charge is 2.69. The molecular formula is C40H58FNO5. The summed E-state index contributed by atoms with van der Waals surface area (Å²) in [6.07, 6.45) is 11.7. The molecule has 3 N–H and O–H groups in total. The summed E-state index contributed by atoms with van der Waals surface area (Å²) >= 11 is 0. The summed E-state index contributed by atoms with van der Waals surface area (Å²) in [5, 5.41) is 10.6. The number of hydrogen-bond acceptors (Lipinski definition) is 5. The van der Waals surface area contributed by atoms with Crippen molar-refractivity contribution in [2.45, 2.75) is 131 Å². The molecule has 6 nitrogen and oxygen atoms in total. The van der Waals surface area contributed by atoms with E-state index in [2.05, 4.69) is 54.5 Å². The first kappa shape index (κ1) is 34.6. The molecule has 0 heterocycles. The molecule has 1 aromatic rings. The van der Waals surface area contributed by atoms with Gasteiger partial charge in [-0.15, -0.1) is 0 Å². The molecule has 0 unspecified atom stereocenters. The Morgan fingerprint density at radius 1 is 0.979 bits per heavy atom. The number of carboxylic acid groups (broad SMARTS) is 1.